The van der Waals surface area contributed by atoms with Gasteiger partial charge in [-0.05, 0) is 23.8 Å². The third-order valence-corrected chi connectivity index (χ3v) is 3.26. The van der Waals surface area contributed by atoms with Crippen molar-refractivity contribution in [1.82, 2.24) is 9.55 Å². The second-order valence-electron chi connectivity index (χ2n) is 3.70. The number of imidazole rings is 1. The topological polar surface area (TPSA) is 47.3 Å². The van der Waals surface area contributed by atoms with Crippen molar-refractivity contribution >= 4 is 15.9 Å². The van der Waals surface area contributed by atoms with Gasteiger partial charge in [0.05, 0.1) is 24.8 Å². The smallest absolute Gasteiger partial charge is 0.130 e. The van der Waals surface area contributed by atoms with Gasteiger partial charge >= 0.3 is 0 Å². The van der Waals surface area contributed by atoms with E-state index in [1.807, 2.05) is 29.8 Å². The summed E-state index contributed by atoms with van der Waals surface area (Å²) in [5, 5.41) is 9.14. The van der Waals surface area contributed by atoms with Gasteiger partial charge in [0.2, 0.25) is 0 Å². The van der Waals surface area contributed by atoms with Crippen LogP contribution in [0, 0.1) is 0 Å². The number of nitrogens with zero attached hydrogens (tertiary/aromatic N) is 2. The lowest BCUT2D eigenvalue weighted by atomic mass is 10.2. The maximum atomic E-state index is 9.14. The molecule has 0 spiro atoms. The lowest BCUT2D eigenvalue weighted by molar-refractivity contribution is 0.276. The van der Waals surface area contributed by atoms with Crippen LogP contribution in [0.15, 0.2) is 35.2 Å². The van der Waals surface area contributed by atoms with E-state index in [4.69, 9.17) is 9.84 Å². The highest BCUT2D eigenvalue weighted by Gasteiger charge is 2.03. The predicted molar refractivity (Wildman–Crippen MR) is 67.6 cm³/mol. The minimum Gasteiger partial charge on any atom is -0.487 e. The molecule has 0 aliphatic carbocycles. The summed E-state index contributed by atoms with van der Waals surface area (Å²) in [5.41, 5.74) is 1.81. The van der Waals surface area contributed by atoms with E-state index in [1.54, 1.807) is 12.5 Å². The van der Waals surface area contributed by atoms with Crippen molar-refractivity contribution in [2.24, 2.45) is 7.05 Å². The Bertz CT molecular complexity index is 511. The van der Waals surface area contributed by atoms with E-state index < -0.39 is 0 Å². The average molecular weight is 297 g/mol. The third-order valence-electron chi connectivity index (χ3n) is 2.49. The quantitative estimate of drug-likeness (QED) is 0.941. The summed E-state index contributed by atoms with van der Waals surface area (Å²) in [7, 11) is 1.92. The van der Waals surface area contributed by atoms with Crippen molar-refractivity contribution in [1.29, 1.82) is 0 Å². The summed E-state index contributed by atoms with van der Waals surface area (Å²) < 4.78 is 8.43. The zero-order valence-electron chi connectivity index (χ0n) is 9.43. The molecule has 90 valence electrons. The van der Waals surface area contributed by atoms with Gasteiger partial charge in [-0.1, -0.05) is 15.9 Å². The number of halogens is 1. The molecule has 5 heteroatoms. The fourth-order valence-corrected chi connectivity index (χ4v) is 1.82. The Kier molecular flexibility index (Phi) is 3.81. The van der Waals surface area contributed by atoms with E-state index in [9.17, 15) is 0 Å². The molecule has 0 bridgehead atoms. The van der Waals surface area contributed by atoms with Crippen LogP contribution < -0.4 is 4.74 Å². The number of rotatable bonds is 4. The van der Waals surface area contributed by atoms with E-state index in [0.717, 1.165) is 21.5 Å². The summed E-state index contributed by atoms with van der Waals surface area (Å²) in [6, 6.07) is 5.55. The third kappa shape index (κ3) is 2.87. The molecule has 1 N–H and O–H groups in total. The van der Waals surface area contributed by atoms with Gasteiger partial charge < -0.3 is 14.4 Å². The molecule has 0 radical (unpaired) electrons. The Balaban J connectivity index is 2.07. The summed E-state index contributed by atoms with van der Waals surface area (Å²) >= 11 is 3.36. The van der Waals surface area contributed by atoms with Crippen molar-refractivity contribution in [3.63, 3.8) is 0 Å². The maximum absolute atomic E-state index is 9.14. The van der Waals surface area contributed by atoms with Crippen LogP contribution in [0.25, 0.3) is 0 Å². The first-order valence-corrected chi connectivity index (χ1v) is 5.97. The first kappa shape index (κ1) is 12.1. The Morgan fingerprint density at radius 3 is 2.94 bits per heavy atom. The van der Waals surface area contributed by atoms with Gasteiger partial charge in [0.15, 0.2) is 0 Å². The predicted octanol–water partition coefficient (Wildman–Crippen LogP) is 2.25. The normalized spacial score (nSPS) is 10.5. The Hall–Kier alpha value is -1.33. The molecule has 2 rings (SSSR count). The van der Waals surface area contributed by atoms with Crippen molar-refractivity contribution in [3.8, 4) is 5.75 Å². The first-order chi connectivity index (χ1) is 8.20. The largest absolute Gasteiger partial charge is 0.487 e. The molecule has 0 amide bonds. The fraction of sp³-hybridized carbons (Fsp3) is 0.250. The number of hydrogen-bond acceptors (Lipinski definition) is 3. The van der Waals surface area contributed by atoms with Crippen LogP contribution in [0.4, 0.5) is 0 Å². The summed E-state index contributed by atoms with van der Waals surface area (Å²) in [4.78, 5) is 4.02. The van der Waals surface area contributed by atoms with Gasteiger partial charge in [0.25, 0.3) is 0 Å². The SMILES string of the molecule is Cn1cncc1COc1ccc(Br)c(CO)c1. The second kappa shape index (κ2) is 5.33. The molecular weight excluding hydrogens is 284 g/mol. The second-order valence-corrected chi connectivity index (χ2v) is 4.55. The standard InChI is InChI=1S/C12H13BrN2O2/c1-15-8-14-5-10(15)7-17-11-2-3-12(13)9(4-11)6-16/h2-5,8,16H,6-7H2,1H3. The van der Waals surface area contributed by atoms with Crippen LogP contribution in [0.3, 0.4) is 0 Å². The zero-order valence-corrected chi connectivity index (χ0v) is 11.0. The highest BCUT2D eigenvalue weighted by molar-refractivity contribution is 9.10. The van der Waals surface area contributed by atoms with Crippen molar-refractivity contribution in [3.05, 3.63) is 46.5 Å². The molecule has 4 nitrogen and oxygen atoms in total. The van der Waals surface area contributed by atoms with E-state index in [1.165, 1.54) is 0 Å². The molecule has 0 fully saturated rings. The minimum absolute atomic E-state index is 0.0104. The molecule has 0 unspecified atom stereocenters. The van der Waals surface area contributed by atoms with Gasteiger partial charge in [-0.25, -0.2) is 4.98 Å². The fourth-order valence-electron chi connectivity index (χ4n) is 1.44. The Morgan fingerprint density at radius 1 is 1.47 bits per heavy atom. The molecule has 0 saturated heterocycles. The van der Waals surface area contributed by atoms with Gasteiger partial charge in [0.1, 0.15) is 12.4 Å². The van der Waals surface area contributed by atoms with Crippen LogP contribution in [0.5, 0.6) is 5.75 Å². The van der Waals surface area contributed by atoms with Crippen molar-refractivity contribution in [2.45, 2.75) is 13.2 Å². The van der Waals surface area contributed by atoms with Gasteiger partial charge in [-0.3, -0.25) is 0 Å². The lowest BCUT2D eigenvalue weighted by Gasteiger charge is -2.08. The van der Waals surface area contributed by atoms with E-state index in [0.29, 0.717) is 6.61 Å². The maximum Gasteiger partial charge on any atom is 0.130 e. The number of hydrogen-bond donors (Lipinski definition) is 1. The molecule has 17 heavy (non-hydrogen) atoms. The number of benzene rings is 1. The molecular formula is C12H13BrN2O2. The van der Waals surface area contributed by atoms with Crippen molar-refractivity contribution in [2.75, 3.05) is 0 Å². The van der Waals surface area contributed by atoms with Crippen LogP contribution in [-0.4, -0.2) is 14.7 Å². The Labute approximate surface area is 108 Å². The van der Waals surface area contributed by atoms with Gasteiger partial charge in [-0.2, -0.15) is 0 Å². The average Bonchev–Trinajstić information content (AvgIpc) is 2.74. The molecule has 0 atom stereocenters. The summed E-state index contributed by atoms with van der Waals surface area (Å²) in [5.74, 6) is 0.735. The number of aryl methyl sites for hydroxylation is 1. The number of aliphatic hydroxyl groups is 1. The highest BCUT2D eigenvalue weighted by atomic mass is 79.9. The Morgan fingerprint density at radius 2 is 2.29 bits per heavy atom. The van der Waals surface area contributed by atoms with Crippen LogP contribution >= 0.6 is 15.9 Å². The first-order valence-electron chi connectivity index (χ1n) is 5.18. The summed E-state index contributed by atoms with van der Waals surface area (Å²) in [6.45, 7) is 0.451. The lowest BCUT2D eigenvalue weighted by Crippen LogP contribution is -2.01. The molecule has 2 aromatic rings. The van der Waals surface area contributed by atoms with Crippen LogP contribution in [-0.2, 0) is 20.3 Å². The van der Waals surface area contributed by atoms with Gasteiger partial charge in [0, 0.05) is 11.5 Å². The van der Waals surface area contributed by atoms with E-state index >= 15 is 0 Å². The van der Waals surface area contributed by atoms with Crippen LogP contribution in [0.1, 0.15) is 11.3 Å². The molecule has 0 aliphatic heterocycles. The van der Waals surface area contributed by atoms with E-state index in [2.05, 4.69) is 20.9 Å². The molecule has 1 aromatic heterocycles. The van der Waals surface area contributed by atoms with Gasteiger partial charge in [-0.15, -0.1) is 0 Å². The number of ether oxygens (including phenoxy) is 1. The molecule has 1 aromatic carbocycles. The minimum atomic E-state index is -0.0104. The van der Waals surface area contributed by atoms with Crippen LogP contribution in [0.2, 0.25) is 0 Å². The molecule has 0 aliphatic rings. The highest BCUT2D eigenvalue weighted by Crippen LogP contribution is 2.23. The van der Waals surface area contributed by atoms with E-state index in [-0.39, 0.29) is 6.61 Å². The number of aromatic nitrogens is 2. The molecule has 1 heterocycles. The van der Waals surface area contributed by atoms with Crippen molar-refractivity contribution < 1.29 is 9.84 Å². The monoisotopic (exact) mass is 296 g/mol. The zero-order chi connectivity index (χ0) is 12.3. The number of aliphatic hydroxyl groups excluding tert-OH is 1. The summed E-state index contributed by atoms with van der Waals surface area (Å²) in [6.07, 6.45) is 3.51. The molecule has 0 saturated carbocycles.